The number of nitrogens with one attached hydrogen (secondary N) is 1. The SMILES string of the molecule is CNCCC1CCN(C(=O)c2ccc3c(c2)CCCN3S(C)(=O)=O)CC1. The maximum absolute atomic E-state index is 12.9. The molecule has 0 spiro atoms. The Morgan fingerprint density at radius 2 is 1.96 bits per heavy atom. The summed E-state index contributed by atoms with van der Waals surface area (Å²) in [6.45, 7) is 3.15. The fourth-order valence-electron chi connectivity index (χ4n) is 4.00. The topological polar surface area (TPSA) is 69.7 Å². The average Bonchev–Trinajstić information content (AvgIpc) is 2.64. The number of anilines is 1. The van der Waals surface area contributed by atoms with Crippen LogP contribution >= 0.6 is 0 Å². The molecule has 7 heteroatoms. The van der Waals surface area contributed by atoms with Gasteiger partial charge in [0, 0.05) is 25.2 Å². The molecule has 0 aromatic heterocycles. The van der Waals surface area contributed by atoms with Crippen LogP contribution in [0.3, 0.4) is 0 Å². The molecule has 1 N–H and O–H groups in total. The van der Waals surface area contributed by atoms with E-state index in [0.717, 1.165) is 56.6 Å². The maximum atomic E-state index is 12.9. The van der Waals surface area contributed by atoms with Crippen LogP contribution < -0.4 is 9.62 Å². The molecule has 1 aromatic rings. The normalized spacial score (nSPS) is 18.7. The molecule has 3 rings (SSSR count). The van der Waals surface area contributed by atoms with E-state index in [0.29, 0.717) is 18.0 Å². The summed E-state index contributed by atoms with van der Waals surface area (Å²) in [7, 11) is -1.30. The zero-order valence-electron chi connectivity index (χ0n) is 15.7. The monoisotopic (exact) mass is 379 g/mol. The van der Waals surface area contributed by atoms with Crippen molar-refractivity contribution in [2.45, 2.75) is 32.1 Å². The van der Waals surface area contributed by atoms with Gasteiger partial charge in [0.1, 0.15) is 0 Å². The molecule has 2 aliphatic rings. The highest BCUT2D eigenvalue weighted by molar-refractivity contribution is 7.92. The first-order chi connectivity index (χ1) is 12.4. The van der Waals surface area contributed by atoms with E-state index >= 15 is 0 Å². The van der Waals surface area contributed by atoms with Crippen molar-refractivity contribution >= 4 is 21.6 Å². The Labute approximate surface area is 156 Å². The Balaban J connectivity index is 1.70. The third kappa shape index (κ3) is 4.20. The summed E-state index contributed by atoms with van der Waals surface area (Å²) in [6, 6.07) is 5.46. The second-order valence-electron chi connectivity index (χ2n) is 7.41. The molecular weight excluding hydrogens is 350 g/mol. The molecule has 2 heterocycles. The lowest BCUT2D eigenvalue weighted by Crippen LogP contribution is -2.39. The fourth-order valence-corrected chi connectivity index (χ4v) is 4.99. The third-order valence-corrected chi connectivity index (χ3v) is 6.69. The van der Waals surface area contributed by atoms with Gasteiger partial charge in [-0.3, -0.25) is 9.10 Å². The summed E-state index contributed by atoms with van der Waals surface area (Å²) < 4.78 is 25.4. The summed E-state index contributed by atoms with van der Waals surface area (Å²) in [5.41, 5.74) is 2.35. The van der Waals surface area contributed by atoms with E-state index in [-0.39, 0.29) is 5.91 Å². The molecule has 2 aliphatic heterocycles. The van der Waals surface area contributed by atoms with Crippen molar-refractivity contribution in [2.75, 3.05) is 43.8 Å². The van der Waals surface area contributed by atoms with Crippen LogP contribution in [0.2, 0.25) is 0 Å². The summed E-state index contributed by atoms with van der Waals surface area (Å²) in [5.74, 6) is 0.759. The minimum absolute atomic E-state index is 0.0661. The Kier molecular flexibility index (Phi) is 5.87. The summed E-state index contributed by atoms with van der Waals surface area (Å²) in [5, 5.41) is 3.19. The number of sulfonamides is 1. The molecule has 0 aliphatic carbocycles. The highest BCUT2D eigenvalue weighted by Gasteiger charge is 2.27. The molecule has 1 saturated heterocycles. The number of carbonyl (C=O) groups excluding carboxylic acids is 1. The first-order valence-corrected chi connectivity index (χ1v) is 11.3. The smallest absolute Gasteiger partial charge is 0.253 e. The van der Waals surface area contributed by atoms with Gasteiger partial charge in [0.15, 0.2) is 0 Å². The molecule has 144 valence electrons. The van der Waals surface area contributed by atoms with Gasteiger partial charge in [-0.1, -0.05) is 0 Å². The molecule has 1 aromatic carbocycles. The van der Waals surface area contributed by atoms with E-state index in [9.17, 15) is 13.2 Å². The van der Waals surface area contributed by atoms with Crippen LogP contribution in [-0.2, 0) is 16.4 Å². The van der Waals surface area contributed by atoms with Gasteiger partial charge in [-0.2, -0.15) is 0 Å². The van der Waals surface area contributed by atoms with Crippen molar-refractivity contribution in [3.05, 3.63) is 29.3 Å². The van der Waals surface area contributed by atoms with Crippen LogP contribution in [0.4, 0.5) is 5.69 Å². The summed E-state index contributed by atoms with van der Waals surface area (Å²) in [4.78, 5) is 14.8. The molecule has 0 bridgehead atoms. The van der Waals surface area contributed by atoms with Gasteiger partial charge in [-0.05, 0) is 75.4 Å². The Bertz CT molecular complexity index is 755. The molecular formula is C19H29N3O3S. The zero-order valence-corrected chi connectivity index (χ0v) is 16.5. The van der Waals surface area contributed by atoms with Gasteiger partial charge in [0.25, 0.3) is 5.91 Å². The Hall–Kier alpha value is -1.60. The van der Waals surface area contributed by atoms with Gasteiger partial charge >= 0.3 is 0 Å². The van der Waals surface area contributed by atoms with Crippen molar-refractivity contribution < 1.29 is 13.2 Å². The van der Waals surface area contributed by atoms with E-state index in [2.05, 4.69) is 5.32 Å². The van der Waals surface area contributed by atoms with Gasteiger partial charge in [-0.25, -0.2) is 8.42 Å². The number of amides is 1. The van der Waals surface area contributed by atoms with Crippen LogP contribution in [0.15, 0.2) is 18.2 Å². The Morgan fingerprint density at radius 1 is 1.23 bits per heavy atom. The largest absolute Gasteiger partial charge is 0.339 e. The molecule has 0 atom stereocenters. The number of hydrogen-bond acceptors (Lipinski definition) is 4. The van der Waals surface area contributed by atoms with Crippen LogP contribution in [0.1, 0.15) is 41.6 Å². The standard InChI is InChI=1S/C19H29N3O3S/c1-20-10-7-15-8-12-21(13-9-15)19(23)17-5-6-18-16(14-17)4-3-11-22(18)26(2,24)25/h5-6,14-15,20H,3-4,7-13H2,1-2H3. The molecule has 0 saturated carbocycles. The van der Waals surface area contributed by atoms with Crippen LogP contribution in [0.5, 0.6) is 0 Å². The molecule has 0 radical (unpaired) electrons. The van der Waals surface area contributed by atoms with Crippen LogP contribution in [-0.4, -0.2) is 58.7 Å². The lowest BCUT2D eigenvalue weighted by atomic mass is 9.93. The zero-order chi connectivity index (χ0) is 18.7. The Morgan fingerprint density at radius 3 is 2.62 bits per heavy atom. The van der Waals surface area contributed by atoms with E-state index in [4.69, 9.17) is 0 Å². The number of nitrogens with zero attached hydrogens (tertiary/aromatic N) is 2. The second kappa shape index (κ2) is 7.96. The predicted molar refractivity (Wildman–Crippen MR) is 104 cm³/mol. The maximum Gasteiger partial charge on any atom is 0.253 e. The highest BCUT2D eigenvalue weighted by atomic mass is 32.2. The van der Waals surface area contributed by atoms with Gasteiger partial charge < -0.3 is 10.2 Å². The van der Waals surface area contributed by atoms with E-state index < -0.39 is 10.0 Å². The van der Waals surface area contributed by atoms with E-state index in [1.54, 1.807) is 12.1 Å². The second-order valence-corrected chi connectivity index (χ2v) is 9.32. The van der Waals surface area contributed by atoms with Gasteiger partial charge in [0.2, 0.25) is 10.0 Å². The lowest BCUT2D eigenvalue weighted by molar-refractivity contribution is 0.0687. The summed E-state index contributed by atoms with van der Waals surface area (Å²) in [6.07, 6.45) is 6.11. The number of benzene rings is 1. The molecule has 6 nitrogen and oxygen atoms in total. The fraction of sp³-hybridized carbons (Fsp3) is 0.632. The van der Waals surface area contributed by atoms with E-state index in [1.165, 1.54) is 17.0 Å². The minimum Gasteiger partial charge on any atom is -0.339 e. The van der Waals surface area contributed by atoms with Crippen molar-refractivity contribution in [3.63, 3.8) is 0 Å². The molecule has 26 heavy (non-hydrogen) atoms. The van der Waals surface area contributed by atoms with Crippen LogP contribution in [0, 0.1) is 5.92 Å². The van der Waals surface area contributed by atoms with Crippen LogP contribution in [0.25, 0.3) is 0 Å². The number of hydrogen-bond donors (Lipinski definition) is 1. The average molecular weight is 380 g/mol. The predicted octanol–water partition coefficient (Wildman–Crippen LogP) is 1.86. The number of likely N-dealkylation sites (tertiary alicyclic amines) is 1. The number of fused-ring (bicyclic) bond motifs is 1. The first-order valence-electron chi connectivity index (χ1n) is 9.44. The lowest BCUT2D eigenvalue weighted by Gasteiger charge is -2.33. The minimum atomic E-state index is -3.27. The number of piperidine rings is 1. The van der Waals surface area contributed by atoms with Crippen molar-refractivity contribution in [1.82, 2.24) is 10.2 Å². The van der Waals surface area contributed by atoms with Crippen molar-refractivity contribution in [1.29, 1.82) is 0 Å². The van der Waals surface area contributed by atoms with Gasteiger partial charge in [0.05, 0.1) is 11.9 Å². The summed E-state index contributed by atoms with van der Waals surface area (Å²) >= 11 is 0. The molecule has 1 amide bonds. The quantitative estimate of drug-likeness (QED) is 0.848. The van der Waals surface area contributed by atoms with Crippen molar-refractivity contribution in [3.8, 4) is 0 Å². The number of aryl methyl sites for hydroxylation is 1. The molecule has 0 unspecified atom stereocenters. The van der Waals surface area contributed by atoms with Gasteiger partial charge in [-0.15, -0.1) is 0 Å². The van der Waals surface area contributed by atoms with Crippen molar-refractivity contribution in [2.24, 2.45) is 5.92 Å². The number of carbonyl (C=O) groups is 1. The number of rotatable bonds is 5. The molecule has 1 fully saturated rings. The third-order valence-electron chi connectivity index (χ3n) is 5.51. The highest BCUT2D eigenvalue weighted by Crippen LogP contribution is 2.30. The van der Waals surface area contributed by atoms with E-state index in [1.807, 2.05) is 18.0 Å². The first kappa shape index (κ1) is 19.2.